The quantitative estimate of drug-likeness (QED) is 0.146. The number of rotatable bonds is 18. The molecule has 2 unspecified atom stereocenters. The van der Waals surface area contributed by atoms with E-state index in [0.29, 0.717) is 18.5 Å². The molecule has 0 saturated carbocycles. The van der Waals surface area contributed by atoms with Crippen LogP contribution in [0.5, 0.6) is 0 Å². The number of nitrogens with one attached hydrogen (secondary N) is 2. The first-order chi connectivity index (χ1) is 21.4. The highest BCUT2D eigenvalue weighted by atomic mass is 16.6. The van der Waals surface area contributed by atoms with Gasteiger partial charge in [-0.3, -0.25) is 14.4 Å². The number of esters is 1. The fraction of sp³-hybridized carbons (Fsp3) is 0.556. The predicted octanol–water partition coefficient (Wildman–Crippen LogP) is 6.43. The van der Waals surface area contributed by atoms with Crippen molar-refractivity contribution in [2.24, 2.45) is 0 Å². The van der Waals surface area contributed by atoms with Gasteiger partial charge in [-0.05, 0) is 52.2 Å². The molecule has 2 aromatic carbocycles. The highest BCUT2D eigenvalue weighted by molar-refractivity contribution is 5.92. The van der Waals surface area contributed by atoms with Gasteiger partial charge in [0.15, 0.2) is 0 Å². The smallest absolute Gasteiger partial charge is 0.408 e. The lowest BCUT2D eigenvalue weighted by molar-refractivity contribution is -0.144. The minimum atomic E-state index is -0.984. The number of carbonyl (C=O) groups excluding carboxylic acids is 4. The van der Waals surface area contributed by atoms with Crippen LogP contribution in [0.25, 0.3) is 0 Å². The van der Waals surface area contributed by atoms with E-state index >= 15 is 0 Å². The Balaban J connectivity index is 2.48. The molecule has 2 atom stereocenters. The van der Waals surface area contributed by atoms with Crippen LogP contribution in [-0.4, -0.2) is 60.1 Å². The van der Waals surface area contributed by atoms with Gasteiger partial charge in [0.2, 0.25) is 11.8 Å². The molecule has 2 rings (SSSR count). The molecule has 0 aliphatic heterocycles. The van der Waals surface area contributed by atoms with E-state index in [-0.39, 0.29) is 31.9 Å². The van der Waals surface area contributed by atoms with Gasteiger partial charge in [-0.1, -0.05) is 99.2 Å². The normalized spacial score (nSPS) is 12.5. The topological polar surface area (TPSA) is 114 Å². The SMILES string of the molecule is CCCCCCCCN(C(=O)C(Cc1ccccc1)NC(=O)OC(C)(C)C)C(C(=O)NCCC(=O)OCC)c1ccc(C)cc1. The molecule has 0 radical (unpaired) electrons. The maximum Gasteiger partial charge on any atom is 0.408 e. The second-order valence-corrected chi connectivity index (χ2v) is 12.3. The van der Waals surface area contributed by atoms with E-state index in [2.05, 4.69) is 17.6 Å². The number of unbranched alkanes of at least 4 members (excludes halogenated alkanes) is 5. The Hall–Kier alpha value is -3.88. The van der Waals surface area contributed by atoms with Crippen molar-refractivity contribution in [1.82, 2.24) is 15.5 Å². The van der Waals surface area contributed by atoms with Gasteiger partial charge in [-0.25, -0.2) is 4.79 Å². The molecule has 0 spiro atoms. The van der Waals surface area contributed by atoms with E-state index in [4.69, 9.17) is 9.47 Å². The van der Waals surface area contributed by atoms with Crippen molar-refractivity contribution in [1.29, 1.82) is 0 Å². The van der Waals surface area contributed by atoms with Crippen LogP contribution in [0.3, 0.4) is 0 Å². The number of hydrogen-bond donors (Lipinski definition) is 2. The molecule has 9 heteroatoms. The van der Waals surface area contributed by atoms with Crippen LogP contribution in [0.15, 0.2) is 54.6 Å². The second kappa shape index (κ2) is 19.5. The average Bonchev–Trinajstić information content (AvgIpc) is 2.98. The first-order valence-electron chi connectivity index (χ1n) is 16.3. The molecule has 0 bridgehead atoms. The third-order valence-electron chi connectivity index (χ3n) is 7.19. The number of carbonyl (C=O) groups is 4. The summed E-state index contributed by atoms with van der Waals surface area (Å²) in [4.78, 5) is 55.0. The van der Waals surface area contributed by atoms with Crippen molar-refractivity contribution in [3.8, 4) is 0 Å². The van der Waals surface area contributed by atoms with Crippen LogP contribution in [0.4, 0.5) is 4.79 Å². The zero-order chi connectivity index (χ0) is 33.2. The standard InChI is InChI=1S/C36H53N3O6/c1-7-9-10-11-12-16-25-39(32(29-21-19-27(3)20-22-29)33(41)37-24-23-31(40)44-8-2)34(42)30(26-28-17-14-13-15-18-28)38-35(43)45-36(4,5)6/h13-15,17-22,30,32H,7-12,16,23-26H2,1-6H3,(H,37,41)(H,38,43). The summed E-state index contributed by atoms with van der Waals surface area (Å²) in [6.45, 7) is 11.8. The second-order valence-electron chi connectivity index (χ2n) is 12.3. The summed E-state index contributed by atoms with van der Waals surface area (Å²) in [5, 5.41) is 5.66. The Bertz CT molecular complexity index is 1190. The molecule has 0 aromatic heterocycles. The monoisotopic (exact) mass is 623 g/mol. The summed E-state index contributed by atoms with van der Waals surface area (Å²) in [6.07, 6.45) is 5.54. The minimum absolute atomic E-state index is 0.0163. The molecule has 0 fully saturated rings. The zero-order valence-corrected chi connectivity index (χ0v) is 28.0. The summed E-state index contributed by atoms with van der Waals surface area (Å²) in [5.74, 6) is -1.20. The van der Waals surface area contributed by atoms with Crippen LogP contribution < -0.4 is 10.6 Å². The number of alkyl carbamates (subject to hydrolysis) is 1. The number of benzene rings is 2. The van der Waals surface area contributed by atoms with Crippen LogP contribution in [0.1, 0.15) is 102 Å². The summed E-state index contributed by atoms with van der Waals surface area (Å²) in [7, 11) is 0. The van der Waals surface area contributed by atoms with Crippen LogP contribution >= 0.6 is 0 Å². The van der Waals surface area contributed by atoms with Gasteiger partial charge < -0.3 is 25.0 Å². The van der Waals surface area contributed by atoms with E-state index < -0.39 is 35.7 Å². The number of ether oxygens (including phenoxy) is 2. The van der Waals surface area contributed by atoms with E-state index in [0.717, 1.165) is 43.2 Å². The third-order valence-corrected chi connectivity index (χ3v) is 7.19. The van der Waals surface area contributed by atoms with Crippen molar-refractivity contribution >= 4 is 23.9 Å². The molecule has 0 aliphatic carbocycles. The average molecular weight is 624 g/mol. The Labute approximate surface area is 269 Å². The van der Waals surface area contributed by atoms with E-state index in [1.807, 2.05) is 61.5 Å². The molecule has 0 saturated heterocycles. The van der Waals surface area contributed by atoms with E-state index in [1.165, 1.54) is 0 Å². The largest absolute Gasteiger partial charge is 0.466 e. The van der Waals surface area contributed by atoms with Crippen molar-refractivity contribution in [3.63, 3.8) is 0 Å². The molecule has 3 amide bonds. The zero-order valence-electron chi connectivity index (χ0n) is 28.0. The lowest BCUT2D eigenvalue weighted by Crippen LogP contribution is -2.54. The predicted molar refractivity (Wildman–Crippen MR) is 177 cm³/mol. The number of nitrogens with zero attached hydrogens (tertiary/aromatic N) is 1. The Morgan fingerprint density at radius 2 is 1.51 bits per heavy atom. The number of aryl methyl sites for hydroxylation is 1. The first-order valence-corrected chi connectivity index (χ1v) is 16.3. The van der Waals surface area contributed by atoms with Crippen molar-refractivity contribution in [3.05, 3.63) is 71.3 Å². The molecule has 0 aliphatic rings. The summed E-state index contributed by atoms with van der Waals surface area (Å²) in [5.41, 5.74) is 1.76. The summed E-state index contributed by atoms with van der Waals surface area (Å²) < 4.78 is 10.5. The fourth-order valence-corrected chi connectivity index (χ4v) is 4.97. The number of amides is 3. The Morgan fingerprint density at radius 1 is 0.867 bits per heavy atom. The maximum absolute atomic E-state index is 14.6. The van der Waals surface area contributed by atoms with Gasteiger partial charge >= 0.3 is 12.1 Å². The van der Waals surface area contributed by atoms with Crippen molar-refractivity contribution in [2.75, 3.05) is 19.7 Å². The summed E-state index contributed by atoms with van der Waals surface area (Å²) >= 11 is 0. The van der Waals surface area contributed by atoms with Gasteiger partial charge in [0.25, 0.3) is 0 Å². The molecule has 2 aromatic rings. The van der Waals surface area contributed by atoms with Crippen molar-refractivity contribution in [2.45, 2.75) is 111 Å². The van der Waals surface area contributed by atoms with Crippen molar-refractivity contribution < 1.29 is 28.7 Å². The van der Waals surface area contributed by atoms with Gasteiger partial charge in [-0.2, -0.15) is 0 Å². The molecular weight excluding hydrogens is 570 g/mol. The summed E-state index contributed by atoms with van der Waals surface area (Å²) in [6, 6.07) is 15.0. The molecule has 45 heavy (non-hydrogen) atoms. The lowest BCUT2D eigenvalue weighted by Gasteiger charge is -2.35. The molecule has 0 heterocycles. The highest BCUT2D eigenvalue weighted by Gasteiger charge is 2.36. The van der Waals surface area contributed by atoms with Crippen LogP contribution in [-0.2, 0) is 30.3 Å². The lowest BCUT2D eigenvalue weighted by atomic mass is 9.99. The third kappa shape index (κ3) is 14.2. The van der Waals surface area contributed by atoms with Gasteiger partial charge in [0.1, 0.15) is 17.7 Å². The van der Waals surface area contributed by atoms with Gasteiger partial charge in [0, 0.05) is 19.5 Å². The van der Waals surface area contributed by atoms with E-state index in [9.17, 15) is 19.2 Å². The molecular formula is C36H53N3O6. The minimum Gasteiger partial charge on any atom is -0.466 e. The number of hydrogen-bond acceptors (Lipinski definition) is 6. The fourth-order valence-electron chi connectivity index (χ4n) is 4.97. The molecule has 248 valence electrons. The van der Waals surface area contributed by atoms with Gasteiger partial charge in [0.05, 0.1) is 13.0 Å². The van der Waals surface area contributed by atoms with Crippen LogP contribution in [0, 0.1) is 6.92 Å². The Kier molecular flexibility index (Phi) is 16.2. The van der Waals surface area contributed by atoms with Crippen LogP contribution in [0.2, 0.25) is 0 Å². The Morgan fingerprint density at radius 3 is 2.13 bits per heavy atom. The van der Waals surface area contributed by atoms with Gasteiger partial charge in [-0.15, -0.1) is 0 Å². The van der Waals surface area contributed by atoms with E-state index in [1.54, 1.807) is 32.6 Å². The molecule has 9 nitrogen and oxygen atoms in total. The highest BCUT2D eigenvalue weighted by Crippen LogP contribution is 2.25. The molecule has 2 N–H and O–H groups in total. The first kappa shape index (κ1) is 37.3. The maximum atomic E-state index is 14.6.